The van der Waals surface area contributed by atoms with Gasteiger partial charge in [0.1, 0.15) is 6.61 Å². The largest absolute Gasteiger partial charge is 0.481 e. The number of carbonyl (C=O) groups excluding carboxylic acids is 1. The molecule has 2 fully saturated rings. The molecule has 0 radical (unpaired) electrons. The number of aliphatic carboxylic acids is 1. The molecule has 5 nitrogen and oxygen atoms in total. The van der Waals surface area contributed by atoms with Crippen LogP contribution in [0.1, 0.15) is 37.7 Å². The van der Waals surface area contributed by atoms with Crippen molar-refractivity contribution in [3.05, 3.63) is 47.5 Å². The standard InChI is InChI=1S/C19H23NO4/c21-18(22)17-10-4-8-15(17)12-16-9-5-11-20(16)19(23)24-13-14-6-2-1-3-7-14/h1-3,6-7,12,16-17H,4-5,8-11,13H2,(H,21,22)/b15-12+/t16-,17+/m0/s1. The molecule has 2 atom stereocenters. The van der Waals surface area contributed by atoms with Gasteiger partial charge < -0.3 is 14.7 Å². The van der Waals surface area contributed by atoms with E-state index < -0.39 is 5.97 Å². The minimum Gasteiger partial charge on any atom is -0.481 e. The average Bonchev–Trinajstić information content (AvgIpc) is 3.23. The highest BCUT2D eigenvalue weighted by Crippen LogP contribution is 2.33. The summed E-state index contributed by atoms with van der Waals surface area (Å²) >= 11 is 0. The number of hydrogen-bond donors (Lipinski definition) is 1. The van der Waals surface area contributed by atoms with Gasteiger partial charge in [0.2, 0.25) is 0 Å². The first-order chi connectivity index (χ1) is 11.6. The van der Waals surface area contributed by atoms with Crippen LogP contribution >= 0.6 is 0 Å². The Morgan fingerprint density at radius 2 is 2.00 bits per heavy atom. The zero-order valence-electron chi connectivity index (χ0n) is 13.7. The van der Waals surface area contributed by atoms with Crippen LogP contribution in [0.5, 0.6) is 0 Å². The molecule has 1 aliphatic carbocycles. The van der Waals surface area contributed by atoms with E-state index in [0.29, 0.717) is 13.0 Å². The molecule has 1 saturated heterocycles. The Kier molecular flexibility index (Phi) is 5.18. The molecule has 0 aromatic heterocycles. The topological polar surface area (TPSA) is 66.8 Å². The van der Waals surface area contributed by atoms with E-state index in [0.717, 1.165) is 36.8 Å². The van der Waals surface area contributed by atoms with Crippen LogP contribution in [0.2, 0.25) is 0 Å². The van der Waals surface area contributed by atoms with Gasteiger partial charge in [-0.1, -0.05) is 42.0 Å². The number of carbonyl (C=O) groups is 2. The van der Waals surface area contributed by atoms with Gasteiger partial charge >= 0.3 is 12.1 Å². The second-order valence-corrected chi connectivity index (χ2v) is 6.47. The van der Waals surface area contributed by atoms with Gasteiger partial charge in [0.15, 0.2) is 0 Å². The monoisotopic (exact) mass is 329 g/mol. The minimum absolute atomic E-state index is 0.0387. The molecule has 2 aliphatic rings. The zero-order valence-corrected chi connectivity index (χ0v) is 13.7. The van der Waals surface area contributed by atoms with Gasteiger partial charge in [-0.05, 0) is 37.7 Å². The van der Waals surface area contributed by atoms with Crippen LogP contribution in [0.3, 0.4) is 0 Å². The van der Waals surface area contributed by atoms with Crippen molar-refractivity contribution in [3.63, 3.8) is 0 Å². The number of nitrogens with zero attached hydrogens (tertiary/aromatic N) is 1. The lowest BCUT2D eigenvalue weighted by atomic mass is 10.00. The number of carboxylic acid groups (broad SMARTS) is 1. The van der Waals surface area contributed by atoms with E-state index in [-0.39, 0.29) is 24.7 Å². The Balaban J connectivity index is 1.62. The Hall–Kier alpha value is -2.30. The second kappa shape index (κ2) is 7.51. The molecule has 1 aromatic rings. The zero-order chi connectivity index (χ0) is 16.9. The maximum absolute atomic E-state index is 12.4. The number of rotatable bonds is 4. The van der Waals surface area contributed by atoms with E-state index in [2.05, 4.69) is 0 Å². The predicted octanol–water partition coefficient (Wildman–Crippen LogP) is 3.60. The molecule has 0 bridgehead atoms. The molecule has 128 valence electrons. The Labute approximate surface area is 141 Å². The van der Waals surface area contributed by atoms with Gasteiger partial charge in [-0.15, -0.1) is 0 Å². The smallest absolute Gasteiger partial charge is 0.410 e. The van der Waals surface area contributed by atoms with Crippen molar-refractivity contribution in [2.45, 2.75) is 44.8 Å². The number of benzene rings is 1. The van der Waals surface area contributed by atoms with E-state index in [9.17, 15) is 14.7 Å². The molecule has 3 rings (SSSR count). The van der Waals surface area contributed by atoms with Gasteiger partial charge in [0.05, 0.1) is 12.0 Å². The molecule has 5 heteroatoms. The molecule has 1 heterocycles. The molecule has 0 spiro atoms. The van der Waals surface area contributed by atoms with Crippen LogP contribution in [0.4, 0.5) is 4.79 Å². The molecule has 1 saturated carbocycles. The first-order valence-electron chi connectivity index (χ1n) is 8.56. The Morgan fingerprint density at radius 3 is 2.75 bits per heavy atom. The summed E-state index contributed by atoms with van der Waals surface area (Å²) < 4.78 is 5.42. The van der Waals surface area contributed by atoms with Crippen molar-refractivity contribution in [2.75, 3.05) is 6.54 Å². The van der Waals surface area contributed by atoms with Crippen molar-refractivity contribution in [1.29, 1.82) is 0 Å². The molecule has 24 heavy (non-hydrogen) atoms. The number of likely N-dealkylation sites (tertiary alicyclic amines) is 1. The van der Waals surface area contributed by atoms with Crippen LogP contribution in [-0.2, 0) is 16.1 Å². The fraction of sp³-hybridized carbons (Fsp3) is 0.474. The van der Waals surface area contributed by atoms with Crippen molar-refractivity contribution in [3.8, 4) is 0 Å². The maximum atomic E-state index is 12.4. The van der Waals surface area contributed by atoms with Crippen molar-refractivity contribution < 1.29 is 19.4 Å². The van der Waals surface area contributed by atoms with E-state index in [4.69, 9.17) is 4.74 Å². The van der Waals surface area contributed by atoms with Crippen LogP contribution in [0, 0.1) is 5.92 Å². The summed E-state index contributed by atoms with van der Waals surface area (Å²) in [5.41, 5.74) is 1.93. The highest BCUT2D eigenvalue weighted by Gasteiger charge is 2.32. The summed E-state index contributed by atoms with van der Waals surface area (Å²) in [5, 5.41) is 9.30. The molecule has 1 amide bonds. The normalized spacial score (nSPS) is 25.2. The van der Waals surface area contributed by atoms with Gasteiger partial charge in [0.25, 0.3) is 0 Å². The molecular formula is C19H23NO4. The van der Waals surface area contributed by atoms with Crippen molar-refractivity contribution in [2.24, 2.45) is 5.92 Å². The third kappa shape index (κ3) is 3.78. The van der Waals surface area contributed by atoms with Crippen molar-refractivity contribution >= 4 is 12.1 Å². The minimum atomic E-state index is -0.755. The van der Waals surface area contributed by atoms with Crippen LogP contribution < -0.4 is 0 Å². The molecule has 1 aromatic carbocycles. The summed E-state index contributed by atoms with van der Waals surface area (Å²) in [4.78, 5) is 25.4. The quantitative estimate of drug-likeness (QED) is 0.857. The van der Waals surface area contributed by atoms with Gasteiger partial charge in [0, 0.05) is 6.54 Å². The molecular weight excluding hydrogens is 306 g/mol. The Morgan fingerprint density at radius 1 is 1.21 bits per heavy atom. The lowest BCUT2D eigenvalue weighted by molar-refractivity contribution is -0.140. The first-order valence-corrected chi connectivity index (χ1v) is 8.56. The highest BCUT2D eigenvalue weighted by molar-refractivity contribution is 5.74. The van der Waals surface area contributed by atoms with E-state index >= 15 is 0 Å². The van der Waals surface area contributed by atoms with Gasteiger partial charge in [-0.2, -0.15) is 0 Å². The van der Waals surface area contributed by atoms with Crippen LogP contribution in [0.15, 0.2) is 42.0 Å². The summed E-state index contributed by atoms with van der Waals surface area (Å²) in [6, 6.07) is 9.56. The van der Waals surface area contributed by atoms with Crippen molar-refractivity contribution in [1.82, 2.24) is 4.90 Å². The van der Waals surface area contributed by atoms with Gasteiger partial charge in [-0.3, -0.25) is 4.79 Å². The fourth-order valence-corrected chi connectivity index (χ4v) is 3.59. The summed E-state index contributed by atoms with van der Waals surface area (Å²) in [6.45, 7) is 0.928. The first kappa shape index (κ1) is 16.6. The molecule has 1 aliphatic heterocycles. The number of hydrogen-bond acceptors (Lipinski definition) is 3. The fourth-order valence-electron chi connectivity index (χ4n) is 3.59. The third-order valence-electron chi connectivity index (χ3n) is 4.85. The second-order valence-electron chi connectivity index (χ2n) is 6.47. The van der Waals surface area contributed by atoms with E-state index in [1.807, 2.05) is 36.4 Å². The SMILES string of the molecule is O=C(O)[C@@H]1CCC/C1=C\[C@@H]1CCCN1C(=O)OCc1ccccc1. The van der Waals surface area contributed by atoms with Crippen LogP contribution in [0.25, 0.3) is 0 Å². The lowest BCUT2D eigenvalue weighted by Gasteiger charge is -2.23. The highest BCUT2D eigenvalue weighted by atomic mass is 16.6. The third-order valence-corrected chi connectivity index (χ3v) is 4.85. The van der Waals surface area contributed by atoms with Crippen LogP contribution in [-0.4, -0.2) is 34.7 Å². The maximum Gasteiger partial charge on any atom is 0.410 e. The number of amides is 1. The lowest BCUT2D eigenvalue weighted by Crippen LogP contribution is -2.35. The van der Waals surface area contributed by atoms with E-state index in [1.54, 1.807) is 4.90 Å². The summed E-state index contributed by atoms with van der Waals surface area (Å²) in [7, 11) is 0. The van der Waals surface area contributed by atoms with E-state index in [1.165, 1.54) is 0 Å². The number of ether oxygens (including phenoxy) is 1. The summed E-state index contributed by atoms with van der Waals surface area (Å²) in [6.07, 6.45) is 5.91. The molecule has 0 unspecified atom stereocenters. The number of carboxylic acids is 1. The summed E-state index contributed by atoms with van der Waals surface area (Å²) in [5.74, 6) is -1.14. The predicted molar refractivity (Wildman–Crippen MR) is 89.4 cm³/mol. The molecule has 1 N–H and O–H groups in total. The Bertz CT molecular complexity index is 626. The average molecular weight is 329 g/mol. The van der Waals surface area contributed by atoms with Gasteiger partial charge in [-0.25, -0.2) is 4.79 Å².